The number of carbonyl (C=O) groups is 1. The first kappa shape index (κ1) is 16.4. The van der Waals surface area contributed by atoms with Crippen LogP contribution in [-0.4, -0.2) is 42.5 Å². The van der Waals surface area contributed by atoms with Crippen LogP contribution in [0.2, 0.25) is 0 Å². The molecule has 0 bridgehead atoms. The zero-order valence-electron chi connectivity index (χ0n) is 15.1. The summed E-state index contributed by atoms with van der Waals surface area (Å²) < 4.78 is 5.19. The number of methoxy groups -OCH3 is 1. The van der Waals surface area contributed by atoms with Gasteiger partial charge in [-0.2, -0.15) is 0 Å². The molecule has 3 heterocycles. The van der Waals surface area contributed by atoms with Crippen LogP contribution >= 0.6 is 11.6 Å². The second-order valence-electron chi connectivity index (χ2n) is 7.94. The highest BCUT2D eigenvalue weighted by atomic mass is 35.5. The van der Waals surface area contributed by atoms with Crippen molar-refractivity contribution in [3.63, 3.8) is 0 Å². The fraction of sp³-hybridized carbons (Fsp3) is 0.476. The van der Waals surface area contributed by atoms with Crippen LogP contribution in [0.4, 0.5) is 5.69 Å². The number of esters is 1. The number of nitrogens with zero attached hydrogens (tertiary/aromatic N) is 1. The molecule has 4 atom stereocenters. The van der Waals surface area contributed by atoms with E-state index in [0.29, 0.717) is 6.42 Å². The fourth-order valence-electron chi connectivity index (χ4n) is 5.98. The van der Waals surface area contributed by atoms with Crippen molar-refractivity contribution in [3.8, 4) is 0 Å². The largest absolute Gasteiger partial charge is 0.466 e. The minimum atomic E-state index is -0.275. The number of alkyl halides is 1. The van der Waals surface area contributed by atoms with Gasteiger partial charge in [0.05, 0.1) is 18.1 Å². The molecule has 136 valence electrons. The van der Waals surface area contributed by atoms with Crippen molar-refractivity contribution in [1.29, 1.82) is 0 Å². The molecule has 1 aromatic rings. The molecule has 1 aliphatic carbocycles. The van der Waals surface area contributed by atoms with Gasteiger partial charge in [0.1, 0.15) is 0 Å². The molecule has 5 rings (SSSR count). The highest BCUT2D eigenvalue weighted by Crippen LogP contribution is 2.64. The summed E-state index contributed by atoms with van der Waals surface area (Å²) in [5.41, 5.74) is 3.70. The fourth-order valence-corrected chi connectivity index (χ4v) is 6.25. The second-order valence-corrected chi connectivity index (χ2v) is 8.60. The third-order valence-electron chi connectivity index (χ3n) is 6.97. The maximum absolute atomic E-state index is 12.8. The normalized spacial score (nSPS) is 35.4. The summed E-state index contributed by atoms with van der Waals surface area (Å²) in [7, 11) is 1.46. The number of nitrogens with one attached hydrogen (secondary N) is 1. The Hall–Kier alpha value is -1.78. The second kappa shape index (κ2) is 5.37. The topological polar surface area (TPSA) is 41.6 Å². The number of hydrogen-bond donors (Lipinski definition) is 1. The predicted octanol–water partition coefficient (Wildman–Crippen LogP) is 3.44. The van der Waals surface area contributed by atoms with E-state index in [-0.39, 0.29) is 28.2 Å². The molecule has 5 heteroatoms. The van der Waals surface area contributed by atoms with E-state index in [0.717, 1.165) is 36.5 Å². The van der Waals surface area contributed by atoms with E-state index in [4.69, 9.17) is 16.3 Å². The number of benzene rings is 1. The minimum Gasteiger partial charge on any atom is -0.466 e. The number of rotatable bonds is 2. The zero-order chi connectivity index (χ0) is 18.1. The van der Waals surface area contributed by atoms with E-state index in [1.165, 1.54) is 12.7 Å². The van der Waals surface area contributed by atoms with Gasteiger partial charge in [-0.05, 0) is 31.4 Å². The Morgan fingerprint density at radius 1 is 1.42 bits per heavy atom. The number of anilines is 1. The smallest absolute Gasteiger partial charge is 0.335 e. The van der Waals surface area contributed by atoms with Crippen LogP contribution in [-0.2, 0) is 14.9 Å². The lowest BCUT2D eigenvalue weighted by Crippen LogP contribution is -2.61. The van der Waals surface area contributed by atoms with Gasteiger partial charge in [-0.3, -0.25) is 4.90 Å². The van der Waals surface area contributed by atoms with Gasteiger partial charge in [0.25, 0.3) is 0 Å². The number of hydrogen-bond acceptors (Lipinski definition) is 4. The first-order chi connectivity index (χ1) is 12.5. The molecular formula is C21H23ClN2O2. The molecular weight excluding hydrogens is 348 g/mol. The Labute approximate surface area is 158 Å². The molecule has 0 saturated carbocycles. The van der Waals surface area contributed by atoms with E-state index in [9.17, 15) is 4.79 Å². The zero-order valence-corrected chi connectivity index (χ0v) is 15.8. The van der Waals surface area contributed by atoms with E-state index in [1.54, 1.807) is 0 Å². The van der Waals surface area contributed by atoms with Crippen molar-refractivity contribution >= 4 is 23.3 Å². The molecule has 1 fully saturated rings. The first-order valence-electron chi connectivity index (χ1n) is 9.29. The van der Waals surface area contributed by atoms with Crippen LogP contribution in [0.1, 0.15) is 25.3 Å². The van der Waals surface area contributed by atoms with Crippen molar-refractivity contribution in [3.05, 3.63) is 53.3 Å². The van der Waals surface area contributed by atoms with E-state index in [2.05, 4.69) is 47.5 Å². The van der Waals surface area contributed by atoms with E-state index < -0.39 is 0 Å². The molecule has 0 aromatic heterocycles. The summed E-state index contributed by atoms with van der Waals surface area (Å²) in [6.45, 7) is 4.02. The third kappa shape index (κ3) is 1.77. The maximum Gasteiger partial charge on any atom is 0.335 e. The highest BCUT2D eigenvalue weighted by Gasteiger charge is 2.66. The monoisotopic (exact) mass is 370 g/mol. The van der Waals surface area contributed by atoms with Gasteiger partial charge in [-0.15, -0.1) is 11.6 Å². The standard InChI is InChI=1S/C21H23ClN2O2/c1-13(22)20-8-5-10-24-11-9-21(19(20)24)15-6-3-4-7-16(15)23-17(21)14(12-20)18(25)26-2/h3-8,13,19,23H,9-12H2,1-2H3/t13?,19-,20-,21-/m0/s1. The van der Waals surface area contributed by atoms with Gasteiger partial charge in [0, 0.05) is 41.3 Å². The van der Waals surface area contributed by atoms with Crippen molar-refractivity contribution in [2.45, 2.75) is 36.6 Å². The lowest BCUT2D eigenvalue weighted by molar-refractivity contribution is -0.137. The van der Waals surface area contributed by atoms with Crippen molar-refractivity contribution < 1.29 is 9.53 Å². The maximum atomic E-state index is 12.8. The van der Waals surface area contributed by atoms with Crippen molar-refractivity contribution in [2.75, 3.05) is 25.5 Å². The SMILES string of the molecule is COC(=O)C1=C2Nc3ccccc3[C@@]23CCN2CC=C[C@@](C(C)Cl)(C1)[C@H]23. The number of carbonyl (C=O) groups excluding carboxylic acids is 1. The van der Waals surface area contributed by atoms with E-state index >= 15 is 0 Å². The lowest BCUT2D eigenvalue weighted by Gasteiger charge is -2.55. The predicted molar refractivity (Wildman–Crippen MR) is 102 cm³/mol. The molecule has 0 amide bonds. The first-order valence-corrected chi connectivity index (χ1v) is 9.72. The summed E-state index contributed by atoms with van der Waals surface area (Å²) >= 11 is 6.83. The van der Waals surface area contributed by atoms with Crippen LogP contribution in [0.25, 0.3) is 0 Å². The highest BCUT2D eigenvalue weighted by molar-refractivity contribution is 6.21. The van der Waals surface area contributed by atoms with Gasteiger partial charge in [-0.25, -0.2) is 4.79 Å². The van der Waals surface area contributed by atoms with Gasteiger partial charge in [0.15, 0.2) is 0 Å². The van der Waals surface area contributed by atoms with Gasteiger partial charge >= 0.3 is 5.97 Å². The van der Waals surface area contributed by atoms with Crippen LogP contribution in [0, 0.1) is 5.41 Å². The summed E-state index contributed by atoms with van der Waals surface area (Å²) in [5.74, 6) is -0.243. The van der Waals surface area contributed by atoms with Crippen molar-refractivity contribution in [1.82, 2.24) is 4.90 Å². The molecule has 1 unspecified atom stereocenters. The summed E-state index contributed by atoms with van der Waals surface area (Å²) in [5, 5.41) is 3.51. The number of para-hydroxylation sites is 1. The molecule has 3 aliphatic heterocycles. The van der Waals surface area contributed by atoms with Gasteiger partial charge in [-0.1, -0.05) is 30.4 Å². The molecule has 0 radical (unpaired) electrons. The number of ether oxygens (including phenoxy) is 1. The van der Waals surface area contributed by atoms with Crippen LogP contribution in [0.5, 0.6) is 0 Å². The van der Waals surface area contributed by atoms with Crippen LogP contribution < -0.4 is 5.32 Å². The molecule has 1 aromatic carbocycles. The summed E-state index contributed by atoms with van der Waals surface area (Å²) in [6.07, 6.45) is 6.10. The molecule has 4 aliphatic rings. The molecule has 4 nitrogen and oxygen atoms in total. The minimum absolute atomic E-state index is 0.0875. The van der Waals surface area contributed by atoms with Crippen LogP contribution in [0.15, 0.2) is 47.7 Å². The quantitative estimate of drug-likeness (QED) is 0.492. The van der Waals surface area contributed by atoms with Gasteiger partial charge in [0.2, 0.25) is 0 Å². The average molecular weight is 371 g/mol. The number of fused-ring (bicyclic) bond motifs is 1. The summed E-state index contributed by atoms with van der Waals surface area (Å²) in [6, 6.07) is 8.71. The number of halogens is 1. The Balaban J connectivity index is 1.84. The lowest BCUT2D eigenvalue weighted by atomic mass is 9.55. The third-order valence-corrected chi connectivity index (χ3v) is 7.38. The Bertz CT molecular complexity index is 861. The molecule has 1 N–H and O–H groups in total. The van der Waals surface area contributed by atoms with Crippen molar-refractivity contribution in [2.24, 2.45) is 5.41 Å². The van der Waals surface area contributed by atoms with Crippen LogP contribution in [0.3, 0.4) is 0 Å². The summed E-state index contributed by atoms with van der Waals surface area (Å²) in [4.78, 5) is 15.3. The van der Waals surface area contributed by atoms with E-state index in [1.807, 2.05) is 6.07 Å². The van der Waals surface area contributed by atoms with Gasteiger partial charge < -0.3 is 10.1 Å². The Morgan fingerprint density at radius 3 is 3.00 bits per heavy atom. The Morgan fingerprint density at radius 2 is 2.23 bits per heavy atom. The average Bonchev–Trinajstić information content (AvgIpc) is 3.21. The molecule has 1 spiro atoms. The molecule has 1 saturated heterocycles. The molecule has 26 heavy (non-hydrogen) atoms. The Kier molecular flexibility index (Phi) is 3.38.